The van der Waals surface area contributed by atoms with E-state index in [-0.39, 0.29) is 47.0 Å². The summed E-state index contributed by atoms with van der Waals surface area (Å²) in [5.74, 6) is -0.667. The Hall–Kier alpha value is -6.80. The maximum Gasteiger partial charge on any atom is 0.433 e. The Morgan fingerprint density at radius 3 is 1.85 bits per heavy atom. The number of carbonyl (C=O) groups excluding carboxylic acids is 1. The number of benzene rings is 2. The number of aliphatic hydroxyl groups is 1. The van der Waals surface area contributed by atoms with Gasteiger partial charge in [0.25, 0.3) is 5.91 Å². The Labute approximate surface area is 349 Å². The van der Waals surface area contributed by atoms with Gasteiger partial charge in [0.1, 0.15) is 40.1 Å². The largest absolute Gasteiger partial charge is 0.479 e. The van der Waals surface area contributed by atoms with Gasteiger partial charge in [-0.1, -0.05) is 12.1 Å². The van der Waals surface area contributed by atoms with Crippen molar-refractivity contribution in [2.24, 2.45) is 0 Å². The second kappa shape index (κ2) is 17.7. The Balaban J connectivity index is 0.000000214. The number of pyridine rings is 3. The molecule has 0 spiro atoms. The molecule has 3 aromatic heterocycles. The smallest absolute Gasteiger partial charge is 0.433 e. The number of alkyl halides is 6. The van der Waals surface area contributed by atoms with Gasteiger partial charge in [0, 0.05) is 36.1 Å². The van der Waals surface area contributed by atoms with E-state index in [0.29, 0.717) is 52.4 Å². The number of carboxylic acids is 1. The lowest BCUT2D eigenvalue weighted by Crippen LogP contribution is -2.61. The van der Waals surface area contributed by atoms with Gasteiger partial charge in [-0.15, -0.1) is 0 Å². The topological polar surface area (TPSA) is 179 Å². The zero-order valence-corrected chi connectivity index (χ0v) is 33.1. The maximum absolute atomic E-state index is 13.1. The van der Waals surface area contributed by atoms with Gasteiger partial charge in [-0.3, -0.25) is 14.6 Å². The van der Waals surface area contributed by atoms with E-state index in [1.807, 2.05) is 0 Å². The average molecular weight is 869 g/mol. The fourth-order valence-corrected chi connectivity index (χ4v) is 6.81. The predicted octanol–water partition coefficient (Wildman–Crippen LogP) is 8.22. The second-order valence-electron chi connectivity index (χ2n) is 15.0. The highest BCUT2D eigenvalue weighted by Gasteiger charge is 2.37. The van der Waals surface area contributed by atoms with Gasteiger partial charge in [0.05, 0.1) is 36.2 Å². The summed E-state index contributed by atoms with van der Waals surface area (Å²) < 4.78 is 86.7. The minimum Gasteiger partial charge on any atom is -0.479 e. The molecule has 62 heavy (non-hydrogen) atoms. The molecule has 5 aromatic rings. The first-order valence-electron chi connectivity index (χ1n) is 18.7. The van der Waals surface area contributed by atoms with Crippen molar-refractivity contribution < 1.29 is 65.5 Å². The predicted molar refractivity (Wildman–Crippen MR) is 211 cm³/mol. The normalized spacial score (nSPS) is 16.9. The van der Waals surface area contributed by atoms with Crippen LogP contribution in [0.2, 0.25) is 0 Å². The molecule has 2 aromatic carbocycles. The van der Waals surface area contributed by atoms with Crippen LogP contribution in [0.25, 0.3) is 17.0 Å². The van der Waals surface area contributed by atoms with Gasteiger partial charge in [-0.05, 0) is 93.6 Å². The maximum atomic E-state index is 13.1. The number of aliphatic carboxylic acids is 1. The number of nitrogens with zero attached hydrogens (tertiary/aromatic N) is 6. The van der Waals surface area contributed by atoms with Crippen LogP contribution in [0.5, 0.6) is 23.0 Å². The molecule has 1 unspecified atom stereocenters. The fourth-order valence-electron chi connectivity index (χ4n) is 6.81. The van der Waals surface area contributed by atoms with E-state index >= 15 is 0 Å². The van der Waals surface area contributed by atoms with Gasteiger partial charge >= 0.3 is 24.4 Å². The van der Waals surface area contributed by atoms with Gasteiger partial charge < -0.3 is 29.7 Å². The molecule has 14 nitrogen and oxygen atoms in total. The lowest BCUT2D eigenvalue weighted by atomic mass is 10.0. The van der Waals surface area contributed by atoms with Crippen molar-refractivity contribution in [1.29, 1.82) is 0 Å². The number of aromatic nitrogens is 3. The van der Waals surface area contributed by atoms with Crippen LogP contribution in [0.15, 0.2) is 91.3 Å². The Bertz CT molecular complexity index is 2480. The molecule has 7 rings (SSSR count). The van der Waals surface area contributed by atoms with Crippen molar-refractivity contribution in [2.75, 3.05) is 31.1 Å². The van der Waals surface area contributed by atoms with Gasteiger partial charge in [-0.2, -0.15) is 26.3 Å². The Morgan fingerprint density at radius 2 is 1.34 bits per heavy atom. The summed E-state index contributed by atoms with van der Waals surface area (Å²) in [5, 5.41) is 29.0. The first kappa shape index (κ1) is 44.7. The van der Waals surface area contributed by atoms with Crippen LogP contribution in [0.4, 0.5) is 36.8 Å². The first-order valence-corrected chi connectivity index (χ1v) is 18.7. The van der Waals surface area contributed by atoms with Crippen molar-refractivity contribution in [2.45, 2.75) is 50.7 Å². The lowest BCUT2D eigenvalue weighted by Gasteiger charge is -2.47. The Kier molecular flexibility index (Phi) is 12.7. The number of ether oxygens (including phenoxy) is 2. The van der Waals surface area contributed by atoms with Crippen LogP contribution in [-0.2, 0) is 17.1 Å². The number of hydrogen-bond donors (Lipinski definition) is 3. The van der Waals surface area contributed by atoms with Gasteiger partial charge in [-0.25, -0.2) is 24.5 Å². The minimum atomic E-state index is -4.56. The van der Waals surface area contributed by atoms with Crippen molar-refractivity contribution in [3.8, 4) is 23.0 Å². The zero-order valence-electron chi connectivity index (χ0n) is 33.1. The fraction of sp³-hybridized carbons (Fsp3) is 0.286. The van der Waals surface area contributed by atoms with E-state index < -0.39 is 41.8 Å². The van der Waals surface area contributed by atoms with Gasteiger partial charge in [0.15, 0.2) is 6.04 Å². The number of halogens is 6. The lowest BCUT2D eigenvalue weighted by molar-refractivity contribution is -0.142. The number of rotatable bonds is 7. The molecule has 0 radical (unpaired) electrons. The van der Waals surface area contributed by atoms with Crippen molar-refractivity contribution >= 4 is 40.6 Å². The summed E-state index contributed by atoms with van der Waals surface area (Å²) in [6.07, 6.45) is -5.92. The molecule has 2 aliphatic rings. The van der Waals surface area contributed by atoms with Crippen molar-refractivity contribution in [3.05, 3.63) is 114 Å². The monoisotopic (exact) mass is 868 g/mol. The first-order chi connectivity index (χ1) is 29.1. The second-order valence-corrected chi connectivity index (χ2v) is 15.0. The van der Waals surface area contributed by atoms with Crippen LogP contribution in [0, 0.1) is 0 Å². The molecule has 0 bridgehead atoms. The number of anilines is 1. The van der Waals surface area contributed by atoms with Crippen LogP contribution in [0.1, 0.15) is 48.2 Å². The van der Waals surface area contributed by atoms with E-state index in [1.54, 1.807) is 35.2 Å². The van der Waals surface area contributed by atoms with Crippen molar-refractivity contribution in [3.63, 3.8) is 0 Å². The van der Waals surface area contributed by atoms with E-state index in [9.17, 15) is 50.9 Å². The minimum absolute atomic E-state index is 0.0383. The molecule has 326 valence electrons. The number of aliphatic hydroxyl groups excluding tert-OH is 1. The third kappa shape index (κ3) is 10.4. The molecule has 2 aliphatic heterocycles. The highest BCUT2D eigenvalue weighted by atomic mass is 19.4. The number of carbonyl (C=O) groups is 3. The average Bonchev–Trinajstić information content (AvgIpc) is 3.22. The molecule has 0 saturated carbocycles. The number of carboxylic acid groups (broad SMARTS) is 2. The third-order valence-corrected chi connectivity index (χ3v) is 9.70. The summed E-state index contributed by atoms with van der Waals surface area (Å²) >= 11 is 0. The van der Waals surface area contributed by atoms with Crippen LogP contribution in [-0.4, -0.2) is 102 Å². The van der Waals surface area contributed by atoms with Crippen LogP contribution in [0.3, 0.4) is 0 Å². The van der Waals surface area contributed by atoms with E-state index in [2.05, 4.69) is 40.6 Å². The summed E-state index contributed by atoms with van der Waals surface area (Å²) in [7, 11) is 0. The van der Waals surface area contributed by atoms with Gasteiger partial charge in [0.2, 0.25) is 0 Å². The van der Waals surface area contributed by atoms with E-state index in [0.717, 1.165) is 30.6 Å². The number of amides is 2. The molecular formula is C42H38F6N6O8. The van der Waals surface area contributed by atoms with Crippen LogP contribution < -0.4 is 14.4 Å². The standard InChI is InChI=1S/C25H27F3N4O3.C17H11F3N2O5/c1-24(2,3)32-11-10-31(14-17(32)15-33)23(34)21-7-4-16-12-18(5-8-20(16)30-21)35-19-6-9-22(29-13-19)25(26,27)28;18-17(19,20)14-6-3-11(8-21-14)27-10-2-5-12-9(7-10)1-4-13(15(23)24)22(12)16(25)26/h4-9,12-13,17,33H,10-11,14-15H2,1-3H3;1-8,13H,(H,23,24)(H,25,26)/t17-;/m1./s1. The highest BCUT2D eigenvalue weighted by molar-refractivity contribution is 6.00. The van der Waals surface area contributed by atoms with E-state index in [1.165, 1.54) is 36.4 Å². The SMILES string of the molecule is CC(C)(C)N1CCN(C(=O)c2ccc3cc(Oc4ccc(C(F)(F)F)nc4)ccc3n2)C[C@@H]1CO.O=C(O)C1C=Cc2cc(Oc3ccc(C(F)(F)F)nc3)ccc2N1C(=O)O. The number of piperazine rings is 1. The summed E-state index contributed by atoms with van der Waals surface area (Å²) in [4.78, 5) is 51.5. The zero-order chi connectivity index (χ0) is 45.1. The molecular weight excluding hydrogens is 830 g/mol. The Morgan fingerprint density at radius 1 is 0.758 bits per heavy atom. The van der Waals surface area contributed by atoms with Crippen LogP contribution >= 0.6 is 0 Å². The molecule has 1 saturated heterocycles. The summed E-state index contributed by atoms with van der Waals surface area (Å²) in [5.41, 5.74) is -0.739. The number of fused-ring (bicyclic) bond motifs is 2. The third-order valence-electron chi connectivity index (χ3n) is 9.70. The molecule has 3 N–H and O–H groups in total. The molecule has 0 aliphatic carbocycles. The number of hydrogen-bond acceptors (Lipinski definition) is 10. The summed E-state index contributed by atoms with van der Waals surface area (Å²) in [6, 6.07) is 15.0. The molecule has 1 fully saturated rings. The van der Waals surface area contributed by atoms with Crippen molar-refractivity contribution in [1.82, 2.24) is 24.8 Å². The molecule has 20 heteroatoms. The molecule has 2 amide bonds. The molecule has 5 heterocycles. The van der Waals surface area contributed by atoms with E-state index in [4.69, 9.17) is 14.6 Å². The highest BCUT2D eigenvalue weighted by Crippen LogP contribution is 2.35. The quantitative estimate of drug-likeness (QED) is 0.134. The molecule has 2 atom stereocenters. The summed E-state index contributed by atoms with van der Waals surface area (Å²) in [6.45, 7) is 7.84.